The summed E-state index contributed by atoms with van der Waals surface area (Å²) in [7, 11) is -2.54. The first-order chi connectivity index (χ1) is 57.5. The van der Waals surface area contributed by atoms with Crippen LogP contribution < -0.4 is 54.6 Å². The van der Waals surface area contributed by atoms with Gasteiger partial charge in [-0.2, -0.15) is 84.8 Å². The standard InChI is InChI=1S/C24H21F3N4O2.C15H15F3N2O3.C14H13F3N2O3.C13H14N2O3.C10H10N2.C3H2F6O3S.CH4O.ClH.Na.H2O/c1-14-3-6-18(9-20(14)21-15(2)22(30-29-21)33-13-24(25,26)27)23(32)31-11-19(12-31)17-7-4-16(10-28)5-8-17;1-8-4-5-10(14(21)22-3)6-11(8)12-9(2)13(20-19-12)23-7-15(16,17)18;1-7-3-4-9(13(20)21)5-10(7)11-8(2)12(19-18-11)22-6-14(15,16)17;1-7-4-5-9(13(17)18-3)6-10(7)11-8(2)12(16)15-14-11;11-5-8-1-3-9(4-2-8)10-6-12-7-10;4-2(5,6)1-12-13(10,11)3(7,8)9;1-2;;;/h3-9,19H,11-13H2,1-2H3,(H,29,30);4-6H,7H2,1-3H3,(H,19,20);3-5H,6H2,1-2H3,(H,18,19)(H,20,21);4-6H,1-3H3,(H2,14,15,16);1-4,10,12H,6-7H2;1H2;2H,1H3;1H;;1H2/q;;;;;;;;+1;/p-1. The number of carbonyl (C=O) groups is 4. The largest absolute Gasteiger partial charge is 1.00 e. The number of halogens is 16. The summed E-state index contributed by atoms with van der Waals surface area (Å²) in [6.45, 7) is 10.4. The number of hydrogen-bond donors (Lipinski definition) is 8. The molecule has 0 atom stereocenters. The number of hydrogen-bond acceptors (Lipinski definition) is 21. The number of likely N-dealkylation sites (tertiary alicyclic amines) is 1. The summed E-state index contributed by atoms with van der Waals surface area (Å²) < 4.78 is 224. The topological polar surface area (TPSA) is 426 Å². The van der Waals surface area contributed by atoms with Crippen LogP contribution in [-0.2, 0) is 23.8 Å². The molecule has 1 amide bonds. The van der Waals surface area contributed by atoms with Crippen LogP contribution in [0.15, 0.2) is 126 Å². The van der Waals surface area contributed by atoms with Crippen molar-refractivity contribution in [3.05, 3.63) is 221 Å². The summed E-state index contributed by atoms with van der Waals surface area (Å²) >= 11 is 0. The summed E-state index contributed by atoms with van der Waals surface area (Å²) in [6.07, 6.45) is -18.5. The van der Waals surface area contributed by atoms with Gasteiger partial charge in [0, 0.05) is 95.2 Å². The zero-order valence-electron chi connectivity index (χ0n) is 68.7. The number of nitrogens with one attached hydrogen (secondary N) is 6. The number of aromatic nitrogens is 8. The smallest absolute Gasteiger partial charge is 0.870 e. The summed E-state index contributed by atoms with van der Waals surface area (Å²) in [5.74, 6) is -1.63. The van der Waals surface area contributed by atoms with Gasteiger partial charge in [0.25, 0.3) is 11.5 Å². The summed E-state index contributed by atoms with van der Waals surface area (Å²) in [5, 5.41) is 61.4. The molecule has 4 aromatic heterocycles. The molecule has 0 unspecified atom stereocenters. The van der Waals surface area contributed by atoms with Crippen LogP contribution in [0.5, 0.6) is 17.6 Å². The number of aryl methyl sites for hydroxylation is 4. The maximum atomic E-state index is 13.0. The Balaban J connectivity index is 0.000000399. The molecule has 46 heteroatoms. The van der Waals surface area contributed by atoms with Crippen molar-refractivity contribution in [1.82, 2.24) is 51.0 Å². The maximum Gasteiger partial charge on any atom is 1.00 e. The second kappa shape index (κ2) is 47.0. The molecule has 0 spiro atoms. The predicted octanol–water partition coefficient (Wildman–Crippen LogP) is 12.8. The number of aromatic amines is 5. The van der Waals surface area contributed by atoms with Crippen molar-refractivity contribution in [3.8, 4) is 74.8 Å². The first-order valence-electron chi connectivity index (χ1n) is 35.8. The first kappa shape index (κ1) is 108. The van der Waals surface area contributed by atoms with E-state index in [1.807, 2.05) is 63.2 Å². The van der Waals surface area contributed by atoms with E-state index < -0.39 is 84.7 Å². The monoisotopic (exact) mass is 1840 g/mol. The van der Waals surface area contributed by atoms with Crippen molar-refractivity contribution in [2.75, 3.05) is 73.9 Å². The number of carboxylic acids is 1. The van der Waals surface area contributed by atoms with Crippen LogP contribution in [-0.4, -0.2) is 198 Å². The van der Waals surface area contributed by atoms with E-state index in [9.17, 15) is 98.2 Å². The quantitative estimate of drug-likeness (QED) is 0.0130. The van der Waals surface area contributed by atoms with E-state index in [0.29, 0.717) is 103 Å². The van der Waals surface area contributed by atoms with Gasteiger partial charge in [-0.25, -0.2) is 14.4 Å². The third-order valence-electron chi connectivity index (χ3n) is 18.0. The van der Waals surface area contributed by atoms with Gasteiger partial charge in [-0.15, -0.1) is 27.7 Å². The molecule has 676 valence electrons. The molecule has 2 fully saturated rings. The Morgan fingerprint density at radius 2 is 0.794 bits per heavy atom. The van der Waals surface area contributed by atoms with Crippen molar-refractivity contribution in [3.63, 3.8) is 0 Å². The molecular weight excluding hydrogens is 1760 g/mol. The number of benzene rings is 6. The van der Waals surface area contributed by atoms with Crippen LogP contribution in [0.2, 0.25) is 0 Å². The number of amides is 1. The van der Waals surface area contributed by atoms with Crippen molar-refractivity contribution in [1.29, 1.82) is 10.5 Å². The number of esters is 2. The summed E-state index contributed by atoms with van der Waals surface area (Å²) in [5.41, 5.74) is 9.19. The molecule has 0 radical (unpaired) electrons. The van der Waals surface area contributed by atoms with Gasteiger partial charge in [-0.05, 0) is 162 Å². The number of nitrogens with zero attached hydrogens (tertiary/aromatic N) is 6. The fourth-order valence-electron chi connectivity index (χ4n) is 11.2. The third-order valence-corrected chi connectivity index (χ3v) is 19.0. The minimum atomic E-state index is -6.15. The number of ether oxygens (including phenoxy) is 5. The zero-order chi connectivity index (χ0) is 92.0. The molecule has 6 heterocycles. The molecule has 2 saturated heterocycles. The van der Waals surface area contributed by atoms with E-state index in [0.717, 1.165) is 59.1 Å². The number of nitriles is 2. The van der Waals surface area contributed by atoms with E-state index in [-0.39, 0.29) is 88.0 Å². The van der Waals surface area contributed by atoms with Crippen molar-refractivity contribution in [2.24, 2.45) is 0 Å². The summed E-state index contributed by atoms with van der Waals surface area (Å²) in [4.78, 5) is 60.3. The number of aliphatic hydroxyl groups is 1. The fraction of sp³-hybridized carbons (Fsp3) is 0.325. The Kier molecular flexibility index (Phi) is 40.4. The molecule has 0 bridgehead atoms. The number of aromatic carboxylic acids is 1. The van der Waals surface area contributed by atoms with Gasteiger partial charge in [-0.1, -0.05) is 48.5 Å². The van der Waals surface area contributed by atoms with Crippen LogP contribution >= 0.6 is 12.4 Å². The number of alkyl halides is 15. The summed E-state index contributed by atoms with van der Waals surface area (Å²) in [6, 6.07) is 39.4. The average molecular weight is 1840 g/mol. The second-order valence-electron chi connectivity index (χ2n) is 26.8. The van der Waals surface area contributed by atoms with Crippen LogP contribution in [0, 0.1) is 78.1 Å². The molecular formula is C80H81ClF15N12NaO16S. The Hall–Kier alpha value is -11.8. The number of methoxy groups -OCH3 is 2. The molecule has 12 rings (SSSR count). The Labute approximate surface area is 737 Å². The SMILES string of the molecule is CO.COC(=O)c1ccc(C)c(-c2[nH][nH]c(=O)c2C)c1.COC(=O)c1ccc(C)c(-c2[nH]nc(OCC(F)(F)F)c2C)c1.Cc1ccc(C(=O)N2CC(c3ccc(C#N)cc3)C2)cc1-c1[nH]nc(OCC(F)(F)F)c1C.Cc1ccc(C(=O)O)cc1-c1[nH]nc(OCC(F)(F)F)c1C.Cl.N#Cc1ccc(C2CNC2)cc1.O=S(=O)(OCC(F)(F)F)C(F)(F)F.[Na+].[OH-]. The van der Waals surface area contributed by atoms with E-state index in [1.165, 1.54) is 31.9 Å². The molecule has 28 nitrogen and oxygen atoms in total. The van der Waals surface area contributed by atoms with Crippen LogP contribution in [0.4, 0.5) is 65.9 Å². The first-order valence-corrected chi connectivity index (χ1v) is 37.2. The van der Waals surface area contributed by atoms with Gasteiger partial charge in [0.2, 0.25) is 17.6 Å². The number of carboxylic acid groups (broad SMARTS) is 1. The van der Waals surface area contributed by atoms with Crippen molar-refractivity contribution < 1.29 is 167 Å². The molecule has 9 N–H and O–H groups in total. The number of rotatable bonds is 18. The van der Waals surface area contributed by atoms with Crippen molar-refractivity contribution >= 4 is 46.3 Å². The van der Waals surface area contributed by atoms with Crippen LogP contribution in [0.3, 0.4) is 0 Å². The molecule has 2 aliphatic rings. The van der Waals surface area contributed by atoms with E-state index >= 15 is 0 Å². The molecule has 126 heavy (non-hydrogen) atoms. The molecule has 0 saturated carbocycles. The predicted molar refractivity (Wildman–Crippen MR) is 422 cm³/mol. The molecule has 2 aliphatic heterocycles. The number of H-pyrrole nitrogens is 5. The number of carbonyl (C=O) groups excluding carboxylic acids is 3. The molecule has 6 aromatic carbocycles. The minimum absolute atomic E-state index is 0. The van der Waals surface area contributed by atoms with Crippen LogP contribution in [0.25, 0.3) is 45.0 Å². The third kappa shape index (κ3) is 30.8. The van der Waals surface area contributed by atoms with E-state index in [4.69, 9.17) is 25.5 Å². The normalized spacial score (nSPS) is 12.4. The van der Waals surface area contributed by atoms with Gasteiger partial charge < -0.3 is 49.6 Å². The van der Waals surface area contributed by atoms with Gasteiger partial charge in [-0.3, -0.25) is 39.3 Å². The zero-order valence-corrected chi connectivity index (χ0v) is 72.3. The maximum absolute atomic E-state index is 13.0. The fourth-order valence-corrected chi connectivity index (χ4v) is 11.7. The molecule has 10 aromatic rings. The Morgan fingerprint density at radius 3 is 1.09 bits per heavy atom. The Bertz CT molecular complexity index is 5600. The average Bonchev–Trinajstić information content (AvgIpc) is 1.46. The molecule has 0 aliphatic carbocycles. The number of aliphatic hydroxyl groups excluding tert-OH is 1. The van der Waals surface area contributed by atoms with E-state index in [1.54, 1.807) is 106 Å². The van der Waals surface area contributed by atoms with Gasteiger partial charge >= 0.3 is 87.8 Å². The minimum Gasteiger partial charge on any atom is -0.870 e. The second-order valence-corrected chi connectivity index (χ2v) is 28.4. The van der Waals surface area contributed by atoms with Crippen molar-refractivity contribution in [2.45, 2.75) is 97.4 Å². The Morgan fingerprint density at radius 1 is 0.476 bits per heavy atom. The van der Waals surface area contributed by atoms with Gasteiger partial charge in [0.05, 0.1) is 77.0 Å². The van der Waals surface area contributed by atoms with Crippen LogP contribution in [0.1, 0.15) is 120 Å². The van der Waals surface area contributed by atoms with Gasteiger partial charge in [0.1, 0.15) is 0 Å². The van der Waals surface area contributed by atoms with E-state index in [2.05, 4.69) is 81.4 Å². The van der Waals surface area contributed by atoms with Gasteiger partial charge in [0.15, 0.2) is 26.4 Å².